The third-order valence-corrected chi connectivity index (χ3v) is 5.40. The number of fused-ring (bicyclic) bond motifs is 1. The van der Waals surface area contributed by atoms with Gasteiger partial charge in [0.1, 0.15) is 5.65 Å². The van der Waals surface area contributed by atoms with Gasteiger partial charge < -0.3 is 19.7 Å². The third kappa shape index (κ3) is 4.02. The quantitative estimate of drug-likeness (QED) is 0.706. The Bertz CT molecular complexity index is 991. The smallest absolute Gasteiger partial charge is 0.321 e. The second kappa shape index (κ2) is 7.28. The number of nitrogens with one attached hydrogen (secondary N) is 1. The van der Waals surface area contributed by atoms with Gasteiger partial charge in [0.2, 0.25) is 0 Å². The lowest BCUT2D eigenvalue weighted by atomic mass is 9.98. The number of rotatable bonds is 2. The van der Waals surface area contributed by atoms with E-state index >= 15 is 0 Å². The first-order chi connectivity index (χ1) is 13.4. The van der Waals surface area contributed by atoms with Crippen LogP contribution in [0.5, 0.6) is 0 Å². The molecule has 2 aromatic heterocycles. The van der Waals surface area contributed by atoms with Gasteiger partial charge >= 0.3 is 6.03 Å². The number of hydrogen-bond donors (Lipinski definition) is 2. The lowest BCUT2D eigenvalue weighted by molar-refractivity contribution is 0.0458. The largest absolute Gasteiger partial charge is 0.390 e. The van der Waals surface area contributed by atoms with Crippen LogP contribution in [0.2, 0.25) is 0 Å². The van der Waals surface area contributed by atoms with Crippen LogP contribution in [0.15, 0.2) is 48.8 Å². The zero-order valence-electron chi connectivity index (χ0n) is 16.4. The molecule has 0 radical (unpaired) electrons. The van der Waals surface area contributed by atoms with E-state index in [1.54, 1.807) is 4.90 Å². The predicted molar refractivity (Wildman–Crippen MR) is 110 cm³/mol. The second-order valence-corrected chi connectivity index (χ2v) is 7.94. The molecule has 0 bridgehead atoms. The van der Waals surface area contributed by atoms with Gasteiger partial charge in [-0.25, -0.2) is 9.78 Å². The van der Waals surface area contributed by atoms with Crippen LogP contribution >= 0.6 is 0 Å². The normalized spacial score (nSPS) is 20.2. The van der Waals surface area contributed by atoms with Crippen molar-refractivity contribution >= 4 is 17.4 Å². The Hall–Kier alpha value is -2.86. The standard InChI is InChI=1S/C22H26N4O2/c1-16-8-12-26-15-19(24-20(26)14-16)17-4-6-18(7-5-17)23-21(27)25-11-3-9-22(2,28)10-13-25/h4-8,12,14-15,28H,3,9-11,13H2,1-2H3,(H,23,27)/t22-/m1/s1. The minimum absolute atomic E-state index is 0.117. The fourth-order valence-electron chi connectivity index (χ4n) is 3.62. The molecule has 146 valence electrons. The van der Waals surface area contributed by atoms with Gasteiger partial charge in [0.05, 0.1) is 11.3 Å². The first-order valence-corrected chi connectivity index (χ1v) is 9.74. The number of carbonyl (C=O) groups excluding carboxylic acids is 1. The average Bonchev–Trinajstić information content (AvgIpc) is 2.98. The Labute approximate surface area is 164 Å². The number of urea groups is 1. The number of hydrogen-bond acceptors (Lipinski definition) is 3. The van der Waals surface area contributed by atoms with Crippen LogP contribution < -0.4 is 5.32 Å². The number of benzene rings is 1. The van der Waals surface area contributed by atoms with E-state index in [0.717, 1.165) is 35.4 Å². The first kappa shape index (κ1) is 18.5. The summed E-state index contributed by atoms with van der Waals surface area (Å²) < 4.78 is 2.01. The number of imidazole rings is 1. The molecule has 0 aliphatic carbocycles. The Morgan fingerprint density at radius 1 is 1.18 bits per heavy atom. The number of nitrogens with zero attached hydrogens (tertiary/aromatic N) is 3. The lowest BCUT2D eigenvalue weighted by Crippen LogP contribution is -2.36. The van der Waals surface area contributed by atoms with Crippen molar-refractivity contribution in [1.29, 1.82) is 0 Å². The molecular formula is C22H26N4O2. The number of amides is 2. The Morgan fingerprint density at radius 2 is 1.96 bits per heavy atom. The van der Waals surface area contributed by atoms with Crippen molar-refractivity contribution in [3.05, 3.63) is 54.4 Å². The van der Waals surface area contributed by atoms with Gasteiger partial charge in [0, 0.05) is 36.7 Å². The molecule has 2 amide bonds. The number of carbonyl (C=O) groups is 1. The summed E-state index contributed by atoms with van der Waals surface area (Å²) in [6, 6.07) is 11.7. The fraction of sp³-hybridized carbons (Fsp3) is 0.364. The zero-order valence-corrected chi connectivity index (χ0v) is 16.4. The van der Waals surface area contributed by atoms with E-state index in [0.29, 0.717) is 19.5 Å². The molecule has 3 heterocycles. The zero-order chi connectivity index (χ0) is 19.7. The van der Waals surface area contributed by atoms with Crippen LogP contribution in [-0.2, 0) is 0 Å². The summed E-state index contributed by atoms with van der Waals surface area (Å²) in [5.74, 6) is 0. The maximum atomic E-state index is 12.6. The van der Waals surface area contributed by atoms with E-state index in [4.69, 9.17) is 0 Å². The van der Waals surface area contributed by atoms with Crippen molar-refractivity contribution < 1.29 is 9.90 Å². The Morgan fingerprint density at radius 3 is 2.75 bits per heavy atom. The monoisotopic (exact) mass is 378 g/mol. The van der Waals surface area contributed by atoms with Gasteiger partial charge in [-0.3, -0.25) is 0 Å². The molecule has 0 unspecified atom stereocenters. The molecule has 1 fully saturated rings. The summed E-state index contributed by atoms with van der Waals surface area (Å²) in [4.78, 5) is 19.0. The molecule has 1 atom stereocenters. The average molecular weight is 378 g/mol. The maximum absolute atomic E-state index is 12.6. The molecule has 3 aromatic rings. The number of likely N-dealkylation sites (tertiary alicyclic amines) is 1. The van der Waals surface area contributed by atoms with E-state index < -0.39 is 5.60 Å². The summed E-state index contributed by atoms with van der Waals surface area (Å²) in [5, 5.41) is 13.1. The van der Waals surface area contributed by atoms with Crippen LogP contribution in [0.25, 0.3) is 16.9 Å². The van der Waals surface area contributed by atoms with Crippen molar-refractivity contribution in [1.82, 2.24) is 14.3 Å². The minimum Gasteiger partial charge on any atom is -0.390 e. The summed E-state index contributed by atoms with van der Waals surface area (Å²) >= 11 is 0. The number of aromatic nitrogens is 2. The second-order valence-electron chi connectivity index (χ2n) is 7.94. The first-order valence-electron chi connectivity index (χ1n) is 9.74. The number of aryl methyl sites for hydroxylation is 1. The van der Waals surface area contributed by atoms with Crippen molar-refractivity contribution in [3.63, 3.8) is 0 Å². The molecular weight excluding hydrogens is 352 g/mol. The van der Waals surface area contributed by atoms with Crippen LogP contribution in [0.3, 0.4) is 0 Å². The van der Waals surface area contributed by atoms with Crippen molar-refractivity contribution in [3.8, 4) is 11.3 Å². The molecule has 1 aliphatic heterocycles. The topological polar surface area (TPSA) is 69.9 Å². The minimum atomic E-state index is -0.677. The van der Waals surface area contributed by atoms with Gasteiger partial charge in [-0.2, -0.15) is 0 Å². The Kier molecular flexibility index (Phi) is 4.81. The van der Waals surface area contributed by atoms with Gasteiger partial charge in [-0.15, -0.1) is 0 Å². The SMILES string of the molecule is Cc1ccn2cc(-c3ccc(NC(=O)N4CCC[C@@](C)(O)CC4)cc3)nc2c1. The van der Waals surface area contributed by atoms with Gasteiger partial charge in [-0.05, 0) is 62.9 Å². The molecule has 28 heavy (non-hydrogen) atoms. The molecule has 1 aliphatic rings. The highest BCUT2D eigenvalue weighted by molar-refractivity contribution is 5.89. The van der Waals surface area contributed by atoms with Crippen LogP contribution in [0.1, 0.15) is 31.7 Å². The van der Waals surface area contributed by atoms with E-state index in [1.165, 1.54) is 5.56 Å². The molecule has 2 N–H and O–H groups in total. The highest BCUT2D eigenvalue weighted by atomic mass is 16.3. The van der Waals surface area contributed by atoms with Crippen molar-refractivity contribution in [2.45, 2.75) is 38.7 Å². The lowest BCUT2D eigenvalue weighted by Gasteiger charge is -2.23. The fourth-order valence-corrected chi connectivity index (χ4v) is 3.62. The van der Waals surface area contributed by atoms with E-state index in [-0.39, 0.29) is 6.03 Å². The molecule has 1 aromatic carbocycles. The van der Waals surface area contributed by atoms with E-state index in [9.17, 15) is 9.90 Å². The summed E-state index contributed by atoms with van der Waals surface area (Å²) in [6.45, 7) is 5.13. The molecule has 4 rings (SSSR count). The van der Waals surface area contributed by atoms with Crippen LogP contribution in [-0.4, -0.2) is 44.1 Å². The maximum Gasteiger partial charge on any atom is 0.321 e. The molecule has 1 saturated heterocycles. The highest BCUT2D eigenvalue weighted by Gasteiger charge is 2.27. The van der Waals surface area contributed by atoms with Gasteiger partial charge in [0.25, 0.3) is 0 Å². The molecule has 0 spiro atoms. The molecule has 6 heteroatoms. The van der Waals surface area contributed by atoms with Gasteiger partial charge in [0.15, 0.2) is 0 Å². The number of pyridine rings is 1. The van der Waals surface area contributed by atoms with Crippen LogP contribution in [0, 0.1) is 6.92 Å². The van der Waals surface area contributed by atoms with E-state index in [1.807, 2.05) is 48.0 Å². The predicted octanol–water partition coefficient (Wildman–Crippen LogP) is 4.08. The van der Waals surface area contributed by atoms with Crippen molar-refractivity contribution in [2.24, 2.45) is 0 Å². The van der Waals surface area contributed by atoms with E-state index in [2.05, 4.69) is 29.4 Å². The number of aliphatic hydroxyl groups is 1. The van der Waals surface area contributed by atoms with Crippen molar-refractivity contribution in [2.75, 3.05) is 18.4 Å². The summed E-state index contributed by atoms with van der Waals surface area (Å²) in [5.41, 5.74) is 4.08. The Balaban J connectivity index is 1.44. The molecule has 0 saturated carbocycles. The number of anilines is 1. The van der Waals surface area contributed by atoms with Crippen LogP contribution in [0.4, 0.5) is 10.5 Å². The summed E-state index contributed by atoms with van der Waals surface area (Å²) in [7, 11) is 0. The summed E-state index contributed by atoms with van der Waals surface area (Å²) in [6.07, 6.45) is 6.16. The third-order valence-electron chi connectivity index (χ3n) is 5.40. The van der Waals surface area contributed by atoms with Gasteiger partial charge in [-0.1, -0.05) is 12.1 Å². The molecule has 6 nitrogen and oxygen atoms in total. The highest BCUT2D eigenvalue weighted by Crippen LogP contribution is 2.24.